The molecule has 4 heteroatoms. The fourth-order valence-electron chi connectivity index (χ4n) is 1.74. The van der Waals surface area contributed by atoms with Crippen LogP contribution in [0.4, 0.5) is 0 Å². The van der Waals surface area contributed by atoms with E-state index in [1.165, 1.54) is 6.20 Å². The molecule has 0 amide bonds. The first-order valence-corrected chi connectivity index (χ1v) is 6.12. The summed E-state index contributed by atoms with van der Waals surface area (Å²) < 4.78 is 5.66. The van der Waals surface area contributed by atoms with Crippen molar-refractivity contribution in [1.29, 1.82) is 5.26 Å². The first-order chi connectivity index (χ1) is 9.72. The second kappa shape index (κ2) is 6.30. The van der Waals surface area contributed by atoms with Crippen LogP contribution in [0.1, 0.15) is 16.7 Å². The molecular formula is C16H15N3O. The largest absolute Gasteiger partial charge is 0.489 e. The molecule has 2 rings (SSSR count). The van der Waals surface area contributed by atoms with Crippen molar-refractivity contribution in [3.8, 4) is 11.8 Å². The Morgan fingerprint density at radius 1 is 1.20 bits per heavy atom. The third-order valence-electron chi connectivity index (χ3n) is 2.83. The molecule has 0 radical (unpaired) electrons. The van der Waals surface area contributed by atoms with Gasteiger partial charge in [0.25, 0.3) is 0 Å². The fraction of sp³-hybridized carbons (Fsp3) is 0.0625. The SMILES string of the molecule is N#Cc1cccc(COc2ccc(/C(N)=C/N)cc2)c1. The second-order valence-electron chi connectivity index (χ2n) is 4.25. The molecule has 0 aromatic heterocycles. The lowest BCUT2D eigenvalue weighted by Crippen LogP contribution is -2.00. The molecule has 0 fully saturated rings. The Morgan fingerprint density at radius 2 is 1.95 bits per heavy atom. The lowest BCUT2D eigenvalue weighted by molar-refractivity contribution is 0.306. The van der Waals surface area contributed by atoms with Crippen molar-refractivity contribution in [2.75, 3.05) is 0 Å². The van der Waals surface area contributed by atoms with Gasteiger partial charge in [0.15, 0.2) is 0 Å². The number of hydrogen-bond donors (Lipinski definition) is 2. The van der Waals surface area contributed by atoms with Gasteiger partial charge in [-0.3, -0.25) is 0 Å². The van der Waals surface area contributed by atoms with Crippen molar-refractivity contribution in [1.82, 2.24) is 0 Å². The summed E-state index contributed by atoms with van der Waals surface area (Å²) in [4.78, 5) is 0. The number of nitriles is 1. The molecule has 0 bridgehead atoms. The molecule has 20 heavy (non-hydrogen) atoms. The smallest absolute Gasteiger partial charge is 0.119 e. The lowest BCUT2D eigenvalue weighted by Gasteiger charge is -2.07. The van der Waals surface area contributed by atoms with Gasteiger partial charge in [-0.2, -0.15) is 5.26 Å². The highest BCUT2D eigenvalue weighted by molar-refractivity contribution is 5.62. The summed E-state index contributed by atoms with van der Waals surface area (Å²) in [6, 6.07) is 16.8. The molecule has 0 atom stereocenters. The van der Waals surface area contributed by atoms with E-state index in [9.17, 15) is 0 Å². The van der Waals surface area contributed by atoms with E-state index in [0.717, 1.165) is 16.9 Å². The molecule has 4 nitrogen and oxygen atoms in total. The standard InChI is InChI=1S/C16H15N3O/c17-9-12-2-1-3-13(8-12)11-20-15-6-4-14(5-7-15)16(19)10-18/h1-8,10H,11,18-19H2/b16-10-. The maximum atomic E-state index is 8.84. The Morgan fingerprint density at radius 3 is 2.60 bits per heavy atom. The predicted octanol–water partition coefficient (Wildman–Crippen LogP) is 2.35. The lowest BCUT2D eigenvalue weighted by atomic mass is 10.1. The molecule has 0 spiro atoms. The van der Waals surface area contributed by atoms with Crippen molar-refractivity contribution in [3.63, 3.8) is 0 Å². The van der Waals surface area contributed by atoms with Crippen LogP contribution < -0.4 is 16.2 Å². The van der Waals surface area contributed by atoms with Crippen molar-refractivity contribution < 1.29 is 4.74 Å². The highest BCUT2D eigenvalue weighted by Crippen LogP contribution is 2.17. The van der Waals surface area contributed by atoms with Crippen LogP contribution >= 0.6 is 0 Å². The molecule has 0 aliphatic heterocycles. The van der Waals surface area contributed by atoms with Gasteiger partial charge >= 0.3 is 0 Å². The molecule has 0 aliphatic rings. The van der Waals surface area contributed by atoms with Gasteiger partial charge in [-0.15, -0.1) is 0 Å². The third kappa shape index (κ3) is 3.30. The van der Waals surface area contributed by atoms with Gasteiger partial charge in [0.2, 0.25) is 0 Å². The number of hydrogen-bond acceptors (Lipinski definition) is 4. The van der Waals surface area contributed by atoms with E-state index in [4.69, 9.17) is 21.5 Å². The van der Waals surface area contributed by atoms with Crippen LogP contribution in [0.5, 0.6) is 5.75 Å². The van der Waals surface area contributed by atoms with Gasteiger partial charge in [-0.25, -0.2) is 0 Å². The van der Waals surface area contributed by atoms with Gasteiger partial charge < -0.3 is 16.2 Å². The minimum atomic E-state index is 0.414. The minimum absolute atomic E-state index is 0.414. The number of ether oxygens (including phenoxy) is 1. The molecule has 100 valence electrons. The second-order valence-corrected chi connectivity index (χ2v) is 4.25. The van der Waals surface area contributed by atoms with Crippen LogP contribution in [0.3, 0.4) is 0 Å². The number of rotatable bonds is 4. The first kappa shape index (κ1) is 13.5. The topological polar surface area (TPSA) is 85.1 Å². The maximum Gasteiger partial charge on any atom is 0.119 e. The van der Waals surface area contributed by atoms with Crippen molar-refractivity contribution in [3.05, 3.63) is 71.4 Å². The van der Waals surface area contributed by atoms with E-state index in [1.807, 2.05) is 42.5 Å². The average Bonchev–Trinajstić information content (AvgIpc) is 2.53. The van der Waals surface area contributed by atoms with E-state index in [2.05, 4.69) is 6.07 Å². The van der Waals surface area contributed by atoms with E-state index in [1.54, 1.807) is 6.07 Å². The Bertz CT molecular complexity index is 654. The summed E-state index contributed by atoms with van der Waals surface area (Å²) in [6.45, 7) is 0.414. The summed E-state index contributed by atoms with van der Waals surface area (Å²) in [5.41, 5.74) is 14.0. The average molecular weight is 265 g/mol. The van der Waals surface area contributed by atoms with Crippen molar-refractivity contribution in [2.45, 2.75) is 6.61 Å². The first-order valence-electron chi connectivity index (χ1n) is 6.12. The zero-order chi connectivity index (χ0) is 14.4. The highest BCUT2D eigenvalue weighted by Gasteiger charge is 1.99. The fourth-order valence-corrected chi connectivity index (χ4v) is 1.74. The van der Waals surface area contributed by atoms with Gasteiger partial charge in [0.05, 0.1) is 17.3 Å². The summed E-state index contributed by atoms with van der Waals surface area (Å²) in [6.07, 6.45) is 1.36. The molecule has 0 saturated carbocycles. The van der Waals surface area contributed by atoms with E-state index < -0.39 is 0 Å². The zero-order valence-electron chi connectivity index (χ0n) is 10.9. The van der Waals surface area contributed by atoms with E-state index in [-0.39, 0.29) is 0 Å². The third-order valence-corrected chi connectivity index (χ3v) is 2.83. The maximum absolute atomic E-state index is 8.84. The Kier molecular flexibility index (Phi) is 4.25. The predicted molar refractivity (Wildman–Crippen MR) is 78.3 cm³/mol. The van der Waals surface area contributed by atoms with E-state index >= 15 is 0 Å². The number of nitrogens with two attached hydrogens (primary N) is 2. The zero-order valence-corrected chi connectivity index (χ0v) is 10.9. The van der Waals surface area contributed by atoms with Crippen LogP contribution in [0, 0.1) is 11.3 Å². The minimum Gasteiger partial charge on any atom is -0.489 e. The van der Waals surface area contributed by atoms with Crippen molar-refractivity contribution in [2.24, 2.45) is 11.5 Å². The molecule has 4 N–H and O–H groups in total. The van der Waals surface area contributed by atoms with Crippen LogP contribution in [0.2, 0.25) is 0 Å². The van der Waals surface area contributed by atoms with Crippen LogP contribution in [0.25, 0.3) is 5.70 Å². The number of nitrogens with zero attached hydrogens (tertiary/aromatic N) is 1. The Labute approximate surface area is 117 Å². The van der Waals surface area contributed by atoms with Gasteiger partial charge in [-0.05, 0) is 47.5 Å². The summed E-state index contributed by atoms with van der Waals surface area (Å²) in [7, 11) is 0. The highest BCUT2D eigenvalue weighted by atomic mass is 16.5. The number of benzene rings is 2. The molecule has 2 aromatic carbocycles. The molecule has 2 aromatic rings. The summed E-state index contributed by atoms with van der Waals surface area (Å²) in [5, 5.41) is 8.84. The molecule has 0 unspecified atom stereocenters. The van der Waals surface area contributed by atoms with Gasteiger partial charge in [0, 0.05) is 6.20 Å². The molecule has 0 aliphatic carbocycles. The normalized spacial score (nSPS) is 10.8. The van der Waals surface area contributed by atoms with Crippen molar-refractivity contribution >= 4 is 5.70 Å². The van der Waals surface area contributed by atoms with Gasteiger partial charge in [0.1, 0.15) is 12.4 Å². The molecular weight excluding hydrogens is 250 g/mol. The van der Waals surface area contributed by atoms with Crippen LogP contribution in [-0.2, 0) is 6.61 Å². The quantitative estimate of drug-likeness (QED) is 0.888. The Balaban J connectivity index is 2.02. The van der Waals surface area contributed by atoms with Gasteiger partial charge in [-0.1, -0.05) is 12.1 Å². The molecule has 0 saturated heterocycles. The monoisotopic (exact) mass is 265 g/mol. The van der Waals surface area contributed by atoms with Crippen LogP contribution in [-0.4, -0.2) is 0 Å². The summed E-state index contributed by atoms with van der Waals surface area (Å²) in [5.74, 6) is 0.737. The molecule has 0 heterocycles. The van der Waals surface area contributed by atoms with Crippen LogP contribution in [0.15, 0.2) is 54.7 Å². The van der Waals surface area contributed by atoms with E-state index in [0.29, 0.717) is 17.9 Å². The Hall–Kier alpha value is -2.93. The summed E-state index contributed by atoms with van der Waals surface area (Å²) >= 11 is 0.